The quantitative estimate of drug-likeness (QED) is 0.417. The Morgan fingerprint density at radius 3 is 2.89 bits per heavy atom. The van der Waals surface area contributed by atoms with Gasteiger partial charge in [0.1, 0.15) is 5.75 Å². The van der Waals surface area contributed by atoms with Crippen LogP contribution in [0.5, 0.6) is 5.75 Å². The summed E-state index contributed by atoms with van der Waals surface area (Å²) in [5, 5.41) is 0.368. The molecule has 3 nitrogen and oxygen atoms in total. The SMILES string of the molecule is C=CCc1ccccc1OCCCN(C)C(=O)CBr. The maximum atomic E-state index is 11.3. The summed E-state index contributed by atoms with van der Waals surface area (Å²) in [7, 11) is 1.80. The summed E-state index contributed by atoms with van der Waals surface area (Å²) in [5.41, 5.74) is 1.14. The van der Waals surface area contributed by atoms with Gasteiger partial charge in [-0.25, -0.2) is 0 Å². The van der Waals surface area contributed by atoms with Gasteiger partial charge in [0.25, 0.3) is 0 Å². The highest BCUT2D eigenvalue weighted by Crippen LogP contribution is 2.18. The monoisotopic (exact) mass is 325 g/mol. The standard InChI is InChI=1S/C15H20BrNO2/c1-3-7-13-8-4-5-9-14(13)19-11-6-10-17(2)15(18)12-16/h3-5,8-9H,1,6-7,10-12H2,2H3. The summed E-state index contributed by atoms with van der Waals surface area (Å²) >= 11 is 3.16. The van der Waals surface area contributed by atoms with E-state index in [1.807, 2.05) is 30.3 Å². The zero-order valence-corrected chi connectivity index (χ0v) is 12.9. The largest absolute Gasteiger partial charge is 0.493 e. The molecule has 0 spiro atoms. The topological polar surface area (TPSA) is 29.5 Å². The number of ether oxygens (including phenoxy) is 1. The Balaban J connectivity index is 2.37. The van der Waals surface area contributed by atoms with Crippen LogP contribution in [-0.4, -0.2) is 36.3 Å². The Morgan fingerprint density at radius 2 is 2.21 bits per heavy atom. The lowest BCUT2D eigenvalue weighted by molar-refractivity contribution is -0.127. The molecule has 0 radical (unpaired) electrons. The molecule has 0 saturated heterocycles. The van der Waals surface area contributed by atoms with E-state index >= 15 is 0 Å². The molecule has 1 rings (SSSR count). The fourth-order valence-corrected chi connectivity index (χ4v) is 2.11. The van der Waals surface area contributed by atoms with Crippen LogP contribution in [0.1, 0.15) is 12.0 Å². The first-order chi connectivity index (χ1) is 9.19. The lowest BCUT2D eigenvalue weighted by Gasteiger charge is -2.16. The van der Waals surface area contributed by atoms with Crippen molar-refractivity contribution >= 4 is 21.8 Å². The van der Waals surface area contributed by atoms with Gasteiger partial charge in [0, 0.05) is 13.6 Å². The van der Waals surface area contributed by atoms with Gasteiger partial charge < -0.3 is 9.64 Å². The molecule has 104 valence electrons. The van der Waals surface area contributed by atoms with Gasteiger partial charge in [-0.15, -0.1) is 6.58 Å². The number of para-hydroxylation sites is 1. The van der Waals surface area contributed by atoms with Crippen molar-refractivity contribution < 1.29 is 9.53 Å². The molecule has 1 aromatic rings. The van der Waals surface area contributed by atoms with Crippen LogP contribution in [-0.2, 0) is 11.2 Å². The van der Waals surface area contributed by atoms with E-state index in [1.165, 1.54) is 0 Å². The highest BCUT2D eigenvalue weighted by Gasteiger charge is 2.06. The van der Waals surface area contributed by atoms with Crippen molar-refractivity contribution in [2.75, 3.05) is 25.5 Å². The molecule has 0 aliphatic rings. The van der Waals surface area contributed by atoms with Crippen LogP contribution in [0, 0.1) is 0 Å². The van der Waals surface area contributed by atoms with Crippen LogP contribution in [0.3, 0.4) is 0 Å². The summed E-state index contributed by atoms with van der Waals surface area (Å²) < 4.78 is 5.76. The zero-order valence-electron chi connectivity index (χ0n) is 11.3. The molecule has 1 amide bonds. The smallest absolute Gasteiger partial charge is 0.232 e. The highest BCUT2D eigenvalue weighted by molar-refractivity contribution is 9.09. The van der Waals surface area contributed by atoms with E-state index in [1.54, 1.807) is 11.9 Å². The molecule has 19 heavy (non-hydrogen) atoms. The Hall–Kier alpha value is -1.29. The number of rotatable bonds is 8. The van der Waals surface area contributed by atoms with Gasteiger partial charge >= 0.3 is 0 Å². The number of carbonyl (C=O) groups is 1. The van der Waals surface area contributed by atoms with Crippen LogP contribution in [0.25, 0.3) is 0 Å². The first-order valence-electron chi connectivity index (χ1n) is 6.30. The Morgan fingerprint density at radius 1 is 1.47 bits per heavy atom. The van der Waals surface area contributed by atoms with E-state index in [2.05, 4.69) is 22.5 Å². The summed E-state index contributed by atoms with van der Waals surface area (Å²) in [6.45, 7) is 5.05. The zero-order chi connectivity index (χ0) is 14.1. The molecule has 4 heteroatoms. The summed E-state index contributed by atoms with van der Waals surface area (Å²) in [5.74, 6) is 0.990. The van der Waals surface area contributed by atoms with E-state index in [-0.39, 0.29) is 5.91 Å². The van der Waals surface area contributed by atoms with Crippen LogP contribution in [0.15, 0.2) is 36.9 Å². The molecule has 0 atom stereocenters. The predicted octanol–water partition coefficient (Wildman–Crippen LogP) is 3.04. The van der Waals surface area contributed by atoms with Crippen molar-refractivity contribution in [3.63, 3.8) is 0 Å². The maximum Gasteiger partial charge on any atom is 0.232 e. The van der Waals surface area contributed by atoms with Crippen molar-refractivity contribution in [1.82, 2.24) is 4.90 Å². The van der Waals surface area contributed by atoms with Gasteiger partial charge in [0.15, 0.2) is 0 Å². The Bertz CT molecular complexity index is 420. The Kier molecular flexibility index (Phi) is 7.26. The number of benzene rings is 1. The van der Waals surface area contributed by atoms with Gasteiger partial charge in [-0.2, -0.15) is 0 Å². The van der Waals surface area contributed by atoms with E-state index in [0.717, 1.165) is 24.2 Å². The van der Waals surface area contributed by atoms with Crippen molar-refractivity contribution in [3.05, 3.63) is 42.5 Å². The lowest BCUT2D eigenvalue weighted by atomic mass is 10.1. The number of hydrogen-bond acceptors (Lipinski definition) is 2. The number of nitrogens with zero attached hydrogens (tertiary/aromatic N) is 1. The first-order valence-corrected chi connectivity index (χ1v) is 7.42. The lowest BCUT2D eigenvalue weighted by Crippen LogP contribution is -2.29. The number of carbonyl (C=O) groups excluding carboxylic acids is 1. The first kappa shape index (κ1) is 15.8. The average molecular weight is 326 g/mol. The summed E-state index contributed by atoms with van der Waals surface area (Å²) in [6.07, 6.45) is 3.49. The van der Waals surface area contributed by atoms with E-state index in [0.29, 0.717) is 18.5 Å². The fraction of sp³-hybridized carbons (Fsp3) is 0.400. The predicted molar refractivity (Wildman–Crippen MR) is 81.9 cm³/mol. The molecular weight excluding hydrogens is 306 g/mol. The molecule has 0 heterocycles. The normalized spacial score (nSPS) is 10.0. The van der Waals surface area contributed by atoms with Gasteiger partial charge in [-0.1, -0.05) is 40.2 Å². The van der Waals surface area contributed by atoms with Crippen LogP contribution in [0.4, 0.5) is 0 Å². The number of amides is 1. The van der Waals surface area contributed by atoms with Gasteiger partial charge in [-0.05, 0) is 24.5 Å². The second kappa shape index (κ2) is 8.75. The molecular formula is C15H20BrNO2. The molecule has 0 N–H and O–H groups in total. The second-order valence-corrected chi connectivity index (χ2v) is 4.81. The average Bonchev–Trinajstić information content (AvgIpc) is 2.44. The van der Waals surface area contributed by atoms with Crippen molar-refractivity contribution in [2.45, 2.75) is 12.8 Å². The third-order valence-corrected chi connectivity index (χ3v) is 3.25. The minimum atomic E-state index is 0.0899. The molecule has 0 aliphatic heterocycles. The van der Waals surface area contributed by atoms with Gasteiger partial charge in [-0.3, -0.25) is 4.79 Å². The molecule has 0 unspecified atom stereocenters. The highest BCUT2D eigenvalue weighted by atomic mass is 79.9. The second-order valence-electron chi connectivity index (χ2n) is 4.25. The number of alkyl halides is 1. The number of halogens is 1. The van der Waals surface area contributed by atoms with Crippen LogP contribution >= 0.6 is 15.9 Å². The van der Waals surface area contributed by atoms with Gasteiger partial charge in [0.2, 0.25) is 5.91 Å². The van der Waals surface area contributed by atoms with Crippen molar-refractivity contribution in [2.24, 2.45) is 0 Å². The molecule has 0 saturated carbocycles. The fourth-order valence-electron chi connectivity index (χ4n) is 1.68. The third kappa shape index (κ3) is 5.47. The van der Waals surface area contributed by atoms with E-state index < -0.39 is 0 Å². The molecule has 0 bridgehead atoms. The van der Waals surface area contributed by atoms with E-state index in [9.17, 15) is 4.79 Å². The molecule has 0 fully saturated rings. The number of hydrogen-bond donors (Lipinski definition) is 0. The minimum absolute atomic E-state index is 0.0899. The van der Waals surface area contributed by atoms with Crippen LogP contribution in [0.2, 0.25) is 0 Å². The number of allylic oxidation sites excluding steroid dienone is 1. The third-order valence-electron chi connectivity index (χ3n) is 2.77. The minimum Gasteiger partial charge on any atom is -0.493 e. The van der Waals surface area contributed by atoms with E-state index in [4.69, 9.17) is 4.74 Å². The molecule has 0 aromatic heterocycles. The Labute approximate surface area is 123 Å². The maximum absolute atomic E-state index is 11.3. The van der Waals surface area contributed by atoms with Crippen molar-refractivity contribution in [1.29, 1.82) is 0 Å². The summed E-state index contributed by atoms with van der Waals surface area (Å²) in [4.78, 5) is 13.0. The van der Waals surface area contributed by atoms with Crippen molar-refractivity contribution in [3.8, 4) is 5.75 Å². The molecule has 1 aromatic carbocycles. The summed E-state index contributed by atoms with van der Waals surface area (Å²) in [6, 6.07) is 7.96. The van der Waals surface area contributed by atoms with Crippen LogP contribution < -0.4 is 4.74 Å². The molecule has 0 aliphatic carbocycles. The van der Waals surface area contributed by atoms with Gasteiger partial charge in [0.05, 0.1) is 11.9 Å².